The molecule has 0 saturated heterocycles. The molecule has 0 radical (unpaired) electrons. The first-order chi connectivity index (χ1) is 9.95. The van der Waals surface area contributed by atoms with E-state index in [0.717, 1.165) is 11.3 Å². The van der Waals surface area contributed by atoms with E-state index in [1.165, 1.54) is 21.2 Å². The predicted molar refractivity (Wildman–Crippen MR) is 94.3 cm³/mol. The van der Waals surface area contributed by atoms with Crippen molar-refractivity contribution in [3.63, 3.8) is 0 Å². The van der Waals surface area contributed by atoms with Crippen molar-refractivity contribution in [1.82, 2.24) is 0 Å². The van der Waals surface area contributed by atoms with E-state index in [1.54, 1.807) is 7.11 Å². The Balaban J connectivity index is 2.69. The van der Waals surface area contributed by atoms with Crippen LogP contribution >= 0.6 is 15.9 Å². The second-order valence-corrected chi connectivity index (χ2v) is 6.77. The molecule has 0 heterocycles. The van der Waals surface area contributed by atoms with Crippen LogP contribution in [0.15, 0.2) is 40.9 Å². The minimum absolute atomic E-state index is 0.478. The summed E-state index contributed by atoms with van der Waals surface area (Å²) < 4.78 is 6.76. The van der Waals surface area contributed by atoms with Crippen molar-refractivity contribution in [2.75, 3.05) is 7.11 Å². The molecule has 2 heteroatoms. The number of hydrogen-bond acceptors (Lipinski definition) is 1. The minimum atomic E-state index is 0.478. The normalized spacial score (nSPS) is 11.2. The van der Waals surface area contributed by atoms with Crippen LogP contribution in [0.2, 0.25) is 0 Å². The largest absolute Gasteiger partial charge is 0.496 e. The van der Waals surface area contributed by atoms with Crippen LogP contribution in [0.25, 0.3) is 11.1 Å². The molecule has 2 aromatic carbocycles. The van der Waals surface area contributed by atoms with Gasteiger partial charge in [0.25, 0.3) is 0 Å². The SMILES string of the molecule is COc1ccccc1-c1cc(C(C)C)c(Br)c(C(C)C)c1. The Morgan fingerprint density at radius 1 is 0.905 bits per heavy atom. The maximum absolute atomic E-state index is 5.52. The Bertz CT molecular complexity index is 600. The summed E-state index contributed by atoms with van der Waals surface area (Å²) in [4.78, 5) is 0. The van der Waals surface area contributed by atoms with E-state index in [-0.39, 0.29) is 0 Å². The molecule has 0 N–H and O–H groups in total. The molecule has 0 unspecified atom stereocenters. The molecule has 0 aromatic heterocycles. The van der Waals surface area contributed by atoms with E-state index in [2.05, 4.69) is 67.9 Å². The Hall–Kier alpha value is -1.28. The molecule has 0 saturated carbocycles. The van der Waals surface area contributed by atoms with Gasteiger partial charge in [-0.2, -0.15) is 0 Å². The predicted octanol–water partition coefficient (Wildman–Crippen LogP) is 6.37. The molecule has 0 bridgehead atoms. The zero-order valence-corrected chi connectivity index (χ0v) is 15.0. The van der Waals surface area contributed by atoms with Crippen LogP contribution in [0, 0.1) is 0 Å². The first-order valence-electron chi connectivity index (χ1n) is 7.42. The van der Waals surface area contributed by atoms with Crippen LogP contribution in [0.3, 0.4) is 0 Å². The first-order valence-corrected chi connectivity index (χ1v) is 8.21. The summed E-state index contributed by atoms with van der Waals surface area (Å²) in [5, 5.41) is 0. The maximum Gasteiger partial charge on any atom is 0.126 e. The van der Waals surface area contributed by atoms with Crippen LogP contribution in [0.5, 0.6) is 5.75 Å². The number of methoxy groups -OCH3 is 1. The Labute approximate surface area is 136 Å². The third-order valence-electron chi connectivity index (χ3n) is 3.79. The highest BCUT2D eigenvalue weighted by Crippen LogP contribution is 2.39. The molecule has 0 fully saturated rings. The summed E-state index contributed by atoms with van der Waals surface area (Å²) >= 11 is 3.79. The smallest absolute Gasteiger partial charge is 0.126 e. The zero-order valence-electron chi connectivity index (χ0n) is 13.4. The van der Waals surface area contributed by atoms with Gasteiger partial charge in [-0.15, -0.1) is 0 Å². The number of rotatable bonds is 4. The van der Waals surface area contributed by atoms with E-state index in [9.17, 15) is 0 Å². The van der Waals surface area contributed by atoms with E-state index in [4.69, 9.17) is 4.74 Å². The van der Waals surface area contributed by atoms with Gasteiger partial charge in [0.2, 0.25) is 0 Å². The number of benzene rings is 2. The number of hydrogen-bond donors (Lipinski definition) is 0. The van der Waals surface area contributed by atoms with Crippen molar-refractivity contribution < 1.29 is 4.74 Å². The average Bonchev–Trinajstić information content (AvgIpc) is 2.46. The van der Waals surface area contributed by atoms with E-state index >= 15 is 0 Å². The van der Waals surface area contributed by atoms with Gasteiger partial charge >= 0.3 is 0 Å². The monoisotopic (exact) mass is 346 g/mol. The molecule has 0 atom stereocenters. The van der Waals surface area contributed by atoms with Crippen LogP contribution in [0.4, 0.5) is 0 Å². The van der Waals surface area contributed by atoms with E-state index in [0.29, 0.717) is 11.8 Å². The molecule has 112 valence electrons. The molecular formula is C19H23BrO. The quantitative estimate of drug-likeness (QED) is 0.624. The fourth-order valence-electron chi connectivity index (χ4n) is 2.55. The van der Waals surface area contributed by atoms with Gasteiger partial charge in [0.1, 0.15) is 5.75 Å². The van der Waals surface area contributed by atoms with Crippen LogP contribution < -0.4 is 4.74 Å². The molecule has 1 nitrogen and oxygen atoms in total. The lowest BCUT2D eigenvalue weighted by Crippen LogP contribution is -1.99. The number of halogens is 1. The number of para-hydroxylation sites is 1. The van der Waals surface area contributed by atoms with E-state index in [1.807, 2.05) is 12.1 Å². The molecule has 21 heavy (non-hydrogen) atoms. The molecule has 2 aromatic rings. The Kier molecular flexibility index (Phi) is 5.10. The van der Waals surface area contributed by atoms with Crippen molar-refractivity contribution >= 4 is 15.9 Å². The van der Waals surface area contributed by atoms with Gasteiger partial charge in [-0.25, -0.2) is 0 Å². The standard InChI is InChI=1S/C19H23BrO/c1-12(2)16-10-14(11-17(13(3)4)19(16)20)15-8-6-7-9-18(15)21-5/h6-13H,1-5H3. The van der Waals surface area contributed by atoms with Gasteiger partial charge in [-0.05, 0) is 46.7 Å². The van der Waals surface area contributed by atoms with Crippen LogP contribution in [-0.2, 0) is 0 Å². The van der Waals surface area contributed by atoms with Gasteiger partial charge in [-0.3, -0.25) is 0 Å². The molecule has 0 spiro atoms. The van der Waals surface area contributed by atoms with Crippen molar-refractivity contribution in [1.29, 1.82) is 0 Å². The summed E-state index contributed by atoms with van der Waals surface area (Å²) in [6.07, 6.45) is 0. The average molecular weight is 347 g/mol. The minimum Gasteiger partial charge on any atom is -0.496 e. The second kappa shape index (κ2) is 6.65. The van der Waals surface area contributed by atoms with Gasteiger partial charge in [0.15, 0.2) is 0 Å². The van der Waals surface area contributed by atoms with Gasteiger partial charge in [0.05, 0.1) is 7.11 Å². The second-order valence-electron chi connectivity index (χ2n) is 5.98. The van der Waals surface area contributed by atoms with Gasteiger partial charge in [0, 0.05) is 10.0 Å². The topological polar surface area (TPSA) is 9.23 Å². The maximum atomic E-state index is 5.52. The molecule has 0 aliphatic rings. The lowest BCUT2D eigenvalue weighted by Gasteiger charge is -2.19. The van der Waals surface area contributed by atoms with Crippen LogP contribution in [0.1, 0.15) is 50.7 Å². The third-order valence-corrected chi connectivity index (χ3v) is 4.71. The summed E-state index contributed by atoms with van der Waals surface area (Å²) in [5.74, 6) is 1.88. The van der Waals surface area contributed by atoms with Gasteiger partial charge in [-0.1, -0.05) is 61.8 Å². The first kappa shape index (κ1) is 16.1. The zero-order chi connectivity index (χ0) is 15.6. The molecule has 0 aliphatic heterocycles. The van der Waals surface area contributed by atoms with E-state index < -0.39 is 0 Å². The molecule has 0 amide bonds. The summed E-state index contributed by atoms with van der Waals surface area (Å²) in [7, 11) is 1.73. The van der Waals surface area contributed by atoms with Crippen molar-refractivity contribution in [3.8, 4) is 16.9 Å². The molecular weight excluding hydrogens is 324 g/mol. The Morgan fingerprint density at radius 3 is 1.90 bits per heavy atom. The van der Waals surface area contributed by atoms with Crippen molar-refractivity contribution in [2.45, 2.75) is 39.5 Å². The van der Waals surface area contributed by atoms with Crippen LogP contribution in [-0.4, -0.2) is 7.11 Å². The van der Waals surface area contributed by atoms with Crippen molar-refractivity contribution in [3.05, 3.63) is 52.0 Å². The highest BCUT2D eigenvalue weighted by molar-refractivity contribution is 9.10. The summed E-state index contributed by atoms with van der Waals surface area (Å²) in [6.45, 7) is 8.93. The lowest BCUT2D eigenvalue weighted by molar-refractivity contribution is 0.416. The highest BCUT2D eigenvalue weighted by Gasteiger charge is 2.16. The lowest BCUT2D eigenvalue weighted by atomic mass is 9.90. The fraction of sp³-hybridized carbons (Fsp3) is 0.368. The molecule has 2 rings (SSSR count). The highest BCUT2D eigenvalue weighted by atomic mass is 79.9. The molecule has 0 aliphatic carbocycles. The Morgan fingerprint density at radius 2 is 1.43 bits per heavy atom. The number of ether oxygens (including phenoxy) is 1. The summed E-state index contributed by atoms with van der Waals surface area (Å²) in [5.41, 5.74) is 5.07. The third kappa shape index (κ3) is 3.32. The fourth-order valence-corrected chi connectivity index (χ4v) is 3.69. The summed E-state index contributed by atoms with van der Waals surface area (Å²) in [6, 6.07) is 12.8. The van der Waals surface area contributed by atoms with Gasteiger partial charge < -0.3 is 4.74 Å². The van der Waals surface area contributed by atoms with Crippen molar-refractivity contribution in [2.24, 2.45) is 0 Å².